The molecule has 0 amide bonds. The second-order valence-electron chi connectivity index (χ2n) is 6.58. The van der Waals surface area contributed by atoms with Crippen molar-refractivity contribution in [1.82, 2.24) is 19.3 Å². The minimum Gasteiger partial charge on any atom is -0.463 e. The molecule has 0 saturated heterocycles. The van der Waals surface area contributed by atoms with Gasteiger partial charge in [-0.1, -0.05) is 6.07 Å². The molecule has 28 heavy (non-hydrogen) atoms. The molecule has 0 saturated carbocycles. The van der Waals surface area contributed by atoms with Crippen LogP contribution in [0.15, 0.2) is 52.3 Å². The van der Waals surface area contributed by atoms with E-state index in [4.69, 9.17) is 9.15 Å². The number of nitrogens with zero attached hydrogens (tertiary/aromatic N) is 4. The molecule has 0 aliphatic rings. The Hall–Kier alpha value is -3.68. The van der Waals surface area contributed by atoms with E-state index in [1.54, 1.807) is 10.7 Å². The molecule has 0 spiro atoms. The van der Waals surface area contributed by atoms with Gasteiger partial charge >= 0.3 is 5.97 Å². The topological polar surface area (TPSA) is 92.2 Å². The van der Waals surface area contributed by atoms with Crippen LogP contribution in [0.5, 0.6) is 0 Å². The lowest BCUT2D eigenvalue weighted by molar-refractivity contribution is 0.0563. The van der Waals surface area contributed by atoms with Crippen LogP contribution in [0.1, 0.15) is 27.2 Å². The Morgan fingerprint density at radius 1 is 1.21 bits per heavy atom. The minimum atomic E-state index is -0.593. The Morgan fingerprint density at radius 3 is 2.68 bits per heavy atom. The van der Waals surface area contributed by atoms with E-state index in [-0.39, 0.29) is 17.9 Å². The summed E-state index contributed by atoms with van der Waals surface area (Å²) in [6, 6.07) is 7.67. The van der Waals surface area contributed by atoms with E-state index in [2.05, 4.69) is 16.1 Å². The number of methoxy groups -OCH3 is 1. The van der Waals surface area contributed by atoms with Gasteiger partial charge in [-0.05, 0) is 43.2 Å². The molecule has 0 aliphatic heterocycles. The Morgan fingerprint density at radius 2 is 1.96 bits per heavy atom. The predicted molar refractivity (Wildman–Crippen MR) is 102 cm³/mol. The van der Waals surface area contributed by atoms with Crippen molar-refractivity contribution in [3.63, 3.8) is 0 Å². The monoisotopic (exact) mass is 378 g/mol. The second-order valence-corrected chi connectivity index (χ2v) is 6.58. The number of rotatable bonds is 4. The van der Waals surface area contributed by atoms with Gasteiger partial charge in [-0.3, -0.25) is 9.36 Å². The van der Waals surface area contributed by atoms with Crippen molar-refractivity contribution >= 4 is 17.0 Å². The first-order valence-corrected chi connectivity index (χ1v) is 8.64. The van der Waals surface area contributed by atoms with Crippen molar-refractivity contribution in [2.24, 2.45) is 0 Å². The maximum atomic E-state index is 12.9. The smallest absolute Gasteiger partial charge is 0.374 e. The molecule has 3 aromatic heterocycles. The lowest BCUT2D eigenvalue weighted by atomic mass is 10.1. The number of carbonyl (C=O) groups is 1. The van der Waals surface area contributed by atoms with Gasteiger partial charge in [0.15, 0.2) is 5.65 Å². The van der Waals surface area contributed by atoms with Crippen molar-refractivity contribution in [3.8, 4) is 5.69 Å². The first-order chi connectivity index (χ1) is 13.5. The van der Waals surface area contributed by atoms with E-state index in [9.17, 15) is 9.59 Å². The molecule has 4 rings (SSSR count). The van der Waals surface area contributed by atoms with Gasteiger partial charge in [0.1, 0.15) is 11.7 Å². The lowest BCUT2D eigenvalue weighted by Gasteiger charge is -2.08. The van der Waals surface area contributed by atoms with Gasteiger partial charge in [0.2, 0.25) is 5.76 Å². The lowest BCUT2D eigenvalue weighted by Crippen LogP contribution is -2.21. The summed E-state index contributed by atoms with van der Waals surface area (Å²) in [4.78, 5) is 29.1. The van der Waals surface area contributed by atoms with Gasteiger partial charge < -0.3 is 9.15 Å². The maximum Gasteiger partial charge on any atom is 0.374 e. The zero-order valence-corrected chi connectivity index (χ0v) is 15.7. The highest BCUT2D eigenvalue weighted by molar-refractivity contribution is 5.87. The highest BCUT2D eigenvalue weighted by Gasteiger charge is 2.18. The molecule has 8 heteroatoms. The Bertz CT molecular complexity index is 1230. The molecule has 4 aromatic rings. The third-order valence-corrected chi connectivity index (χ3v) is 4.46. The highest BCUT2D eigenvalue weighted by Crippen LogP contribution is 2.18. The largest absolute Gasteiger partial charge is 0.463 e. The summed E-state index contributed by atoms with van der Waals surface area (Å²) in [5.41, 5.74) is 3.81. The summed E-state index contributed by atoms with van der Waals surface area (Å²) < 4.78 is 12.9. The summed E-state index contributed by atoms with van der Waals surface area (Å²) in [5, 5.41) is 4.75. The van der Waals surface area contributed by atoms with E-state index in [1.165, 1.54) is 30.5 Å². The SMILES string of the molecule is COC(=O)c1occc1Cn1cnc2c(cnn2-c2cc(C)cc(C)c2)c1=O. The van der Waals surface area contributed by atoms with Crippen molar-refractivity contribution in [1.29, 1.82) is 0 Å². The molecule has 1 aromatic carbocycles. The zero-order valence-electron chi connectivity index (χ0n) is 15.7. The van der Waals surface area contributed by atoms with Crippen LogP contribution < -0.4 is 5.56 Å². The fourth-order valence-corrected chi connectivity index (χ4v) is 3.24. The Labute approximate surface area is 160 Å². The molecule has 0 bridgehead atoms. The molecule has 0 fully saturated rings. The first kappa shape index (κ1) is 17.7. The van der Waals surface area contributed by atoms with Crippen LogP contribution in [-0.2, 0) is 11.3 Å². The zero-order chi connectivity index (χ0) is 19.8. The average molecular weight is 378 g/mol. The van der Waals surface area contributed by atoms with Gasteiger partial charge in [-0.2, -0.15) is 5.10 Å². The van der Waals surface area contributed by atoms with E-state index in [0.717, 1.165) is 16.8 Å². The van der Waals surface area contributed by atoms with Gasteiger partial charge in [-0.15, -0.1) is 0 Å². The van der Waals surface area contributed by atoms with E-state index < -0.39 is 5.97 Å². The normalized spacial score (nSPS) is 11.1. The fraction of sp³-hybridized carbons (Fsp3) is 0.200. The number of furan rings is 1. The molecular weight excluding hydrogens is 360 g/mol. The van der Waals surface area contributed by atoms with Crippen LogP contribution in [0.2, 0.25) is 0 Å². The Kier molecular flexibility index (Phi) is 4.31. The average Bonchev–Trinajstić information content (AvgIpc) is 3.30. The molecule has 142 valence electrons. The number of benzene rings is 1. The number of fused-ring (bicyclic) bond motifs is 1. The summed E-state index contributed by atoms with van der Waals surface area (Å²) in [6.07, 6.45) is 4.34. The van der Waals surface area contributed by atoms with Crippen LogP contribution in [0, 0.1) is 13.8 Å². The van der Waals surface area contributed by atoms with Crippen molar-refractivity contribution in [2.75, 3.05) is 7.11 Å². The van der Waals surface area contributed by atoms with Crippen LogP contribution >= 0.6 is 0 Å². The maximum absolute atomic E-state index is 12.9. The molecule has 0 aliphatic carbocycles. The van der Waals surface area contributed by atoms with Crippen LogP contribution in [-0.4, -0.2) is 32.4 Å². The van der Waals surface area contributed by atoms with Crippen LogP contribution in [0.4, 0.5) is 0 Å². The van der Waals surface area contributed by atoms with E-state index >= 15 is 0 Å². The molecular formula is C20H18N4O4. The van der Waals surface area contributed by atoms with Crippen molar-refractivity contribution < 1.29 is 13.9 Å². The first-order valence-electron chi connectivity index (χ1n) is 8.64. The van der Waals surface area contributed by atoms with Gasteiger partial charge in [-0.25, -0.2) is 14.5 Å². The molecule has 0 N–H and O–H groups in total. The van der Waals surface area contributed by atoms with E-state index in [0.29, 0.717) is 16.6 Å². The summed E-state index contributed by atoms with van der Waals surface area (Å²) in [5.74, 6) is -0.523. The molecule has 0 atom stereocenters. The standard InChI is InChI=1S/C20H18N4O4/c1-12-6-13(2)8-15(7-12)24-18-16(9-22-24)19(25)23(11-21-18)10-14-4-5-28-17(14)20(26)27-3/h4-9,11H,10H2,1-3H3. The molecule has 8 nitrogen and oxygen atoms in total. The number of hydrogen-bond acceptors (Lipinski definition) is 6. The van der Waals surface area contributed by atoms with Crippen LogP contribution in [0.3, 0.4) is 0 Å². The Balaban J connectivity index is 1.76. The number of hydrogen-bond donors (Lipinski definition) is 0. The van der Waals surface area contributed by atoms with Crippen molar-refractivity contribution in [3.05, 3.63) is 75.9 Å². The minimum absolute atomic E-state index is 0.0698. The van der Waals surface area contributed by atoms with Gasteiger partial charge in [0, 0.05) is 5.56 Å². The number of esters is 1. The highest BCUT2D eigenvalue weighted by atomic mass is 16.5. The fourth-order valence-electron chi connectivity index (χ4n) is 3.24. The number of aryl methyl sites for hydroxylation is 2. The molecule has 3 heterocycles. The molecule has 0 radical (unpaired) electrons. The van der Waals surface area contributed by atoms with Gasteiger partial charge in [0.05, 0.1) is 31.8 Å². The van der Waals surface area contributed by atoms with Gasteiger partial charge in [0.25, 0.3) is 5.56 Å². The quantitative estimate of drug-likeness (QED) is 0.507. The number of carbonyl (C=O) groups excluding carboxylic acids is 1. The summed E-state index contributed by atoms with van der Waals surface area (Å²) >= 11 is 0. The second kappa shape index (κ2) is 6.80. The van der Waals surface area contributed by atoms with Crippen LogP contribution in [0.25, 0.3) is 16.7 Å². The third kappa shape index (κ3) is 2.98. The predicted octanol–water partition coefficient (Wildman–Crippen LogP) is 2.63. The third-order valence-electron chi connectivity index (χ3n) is 4.46. The summed E-state index contributed by atoms with van der Waals surface area (Å²) in [7, 11) is 1.27. The number of aromatic nitrogens is 4. The molecule has 0 unspecified atom stereocenters. The van der Waals surface area contributed by atoms with E-state index in [1.807, 2.05) is 26.0 Å². The number of ether oxygens (including phenoxy) is 1. The summed E-state index contributed by atoms with van der Waals surface area (Å²) in [6.45, 7) is 4.15. The van der Waals surface area contributed by atoms with Crippen molar-refractivity contribution in [2.45, 2.75) is 20.4 Å².